The Morgan fingerprint density at radius 1 is 1.30 bits per heavy atom. The van der Waals surface area contributed by atoms with Gasteiger partial charge in [0.2, 0.25) is 0 Å². The van der Waals surface area contributed by atoms with Gasteiger partial charge < -0.3 is 15.0 Å². The van der Waals surface area contributed by atoms with Crippen LogP contribution in [0.3, 0.4) is 0 Å². The van der Waals surface area contributed by atoms with Gasteiger partial charge in [0.05, 0.1) is 23.8 Å². The molecule has 6 heteroatoms. The number of amides is 2. The minimum Gasteiger partial charge on any atom is -0.372 e. The topological polar surface area (TPSA) is 68.6 Å². The van der Waals surface area contributed by atoms with E-state index in [0.717, 1.165) is 76.1 Å². The Morgan fingerprint density at radius 3 is 2.78 bits per heavy atom. The zero-order valence-electron chi connectivity index (χ0n) is 15.8. The normalized spacial score (nSPS) is 24.4. The summed E-state index contributed by atoms with van der Waals surface area (Å²) in [5.74, 6) is 0.413. The first kappa shape index (κ1) is 18.3. The number of nitrogens with one attached hydrogen (secondary N) is 1. The molecule has 1 aromatic carbocycles. The fourth-order valence-corrected chi connectivity index (χ4v) is 4.48. The molecule has 27 heavy (non-hydrogen) atoms. The van der Waals surface area contributed by atoms with Gasteiger partial charge in [-0.25, -0.2) is 4.79 Å². The molecule has 3 fully saturated rings. The van der Waals surface area contributed by atoms with Gasteiger partial charge in [-0.1, -0.05) is 18.2 Å². The van der Waals surface area contributed by atoms with Crippen molar-refractivity contribution in [1.82, 2.24) is 15.1 Å². The Labute approximate surface area is 161 Å². The summed E-state index contributed by atoms with van der Waals surface area (Å²) in [6.07, 6.45) is 4.40. The van der Waals surface area contributed by atoms with Crippen molar-refractivity contribution < 1.29 is 9.53 Å². The highest BCUT2D eigenvalue weighted by Gasteiger charge is 2.46. The van der Waals surface area contributed by atoms with E-state index >= 15 is 0 Å². The summed E-state index contributed by atoms with van der Waals surface area (Å²) < 4.78 is 6.22. The minimum absolute atomic E-state index is 0.0168. The second kappa shape index (κ2) is 7.87. The Morgan fingerprint density at radius 2 is 2.07 bits per heavy atom. The maximum absolute atomic E-state index is 12.1. The molecule has 0 aromatic heterocycles. The molecule has 1 aromatic rings. The lowest BCUT2D eigenvalue weighted by atomic mass is 9.82. The zero-order valence-corrected chi connectivity index (χ0v) is 15.8. The molecule has 1 N–H and O–H groups in total. The van der Waals surface area contributed by atoms with E-state index in [1.807, 2.05) is 29.2 Å². The SMILES string of the molecule is N#Cc1ccccc1CN1CC2(CCC(CNC(=O)N3CCCC3)CO2)C1. The Hall–Kier alpha value is -2.10. The largest absolute Gasteiger partial charge is 0.372 e. The molecule has 2 amide bonds. The monoisotopic (exact) mass is 368 g/mol. The van der Waals surface area contributed by atoms with Crippen LogP contribution in [0.4, 0.5) is 4.79 Å². The second-order valence-electron chi connectivity index (χ2n) is 8.19. The minimum atomic E-state index is -0.0168. The van der Waals surface area contributed by atoms with Crippen LogP contribution in [0.5, 0.6) is 0 Å². The predicted molar refractivity (Wildman–Crippen MR) is 102 cm³/mol. The molecular formula is C21H28N4O2. The van der Waals surface area contributed by atoms with E-state index in [1.54, 1.807) is 0 Å². The van der Waals surface area contributed by atoms with E-state index in [-0.39, 0.29) is 11.6 Å². The average Bonchev–Trinajstić information content (AvgIpc) is 3.21. The van der Waals surface area contributed by atoms with Gasteiger partial charge in [0.25, 0.3) is 0 Å². The summed E-state index contributed by atoms with van der Waals surface area (Å²) in [5.41, 5.74) is 1.84. The van der Waals surface area contributed by atoms with E-state index in [1.165, 1.54) is 0 Å². The number of ether oxygens (including phenoxy) is 1. The number of nitriles is 1. The molecule has 3 aliphatic heterocycles. The smallest absolute Gasteiger partial charge is 0.317 e. The molecule has 1 spiro atoms. The molecule has 0 bridgehead atoms. The van der Waals surface area contributed by atoms with Gasteiger partial charge >= 0.3 is 6.03 Å². The highest BCUT2D eigenvalue weighted by molar-refractivity contribution is 5.74. The van der Waals surface area contributed by atoms with Crippen LogP contribution in [0.25, 0.3) is 0 Å². The summed E-state index contributed by atoms with van der Waals surface area (Å²) in [6.45, 7) is 5.89. The van der Waals surface area contributed by atoms with Crippen LogP contribution in [0.1, 0.15) is 36.8 Å². The average molecular weight is 368 g/mol. The fraction of sp³-hybridized carbons (Fsp3) is 0.619. The van der Waals surface area contributed by atoms with Gasteiger partial charge in [-0.05, 0) is 43.2 Å². The number of hydrogen-bond donors (Lipinski definition) is 1. The highest BCUT2D eigenvalue weighted by atomic mass is 16.5. The van der Waals surface area contributed by atoms with Crippen LogP contribution in [-0.2, 0) is 11.3 Å². The number of carbonyl (C=O) groups is 1. The van der Waals surface area contributed by atoms with Gasteiger partial charge in [0.1, 0.15) is 0 Å². The predicted octanol–water partition coefficient (Wildman–Crippen LogP) is 2.34. The lowest BCUT2D eigenvalue weighted by Crippen LogP contribution is -2.64. The third-order valence-electron chi connectivity index (χ3n) is 6.12. The lowest BCUT2D eigenvalue weighted by Gasteiger charge is -2.53. The fourth-order valence-electron chi connectivity index (χ4n) is 4.48. The number of likely N-dealkylation sites (tertiary alicyclic amines) is 2. The molecule has 0 aliphatic carbocycles. The Kier molecular flexibility index (Phi) is 5.33. The van der Waals surface area contributed by atoms with Gasteiger partial charge in [0, 0.05) is 39.3 Å². The quantitative estimate of drug-likeness (QED) is 0.886. The first-order valence-corrected chi connectivity index (χ1v) is 10.0. The van der Waals surface area contributed by atoms with Gasteiger partial charge in [0.15, 0.2) is 0 Å². The molecule has 144 valence electrons. The van der Waals surface area contributed by atoms with Crippen LogP contribution in [0.2, 0.25) is 0 Å². The van der Waals surface area contributed by atoms with E-state index in [0.29, 0.717) is 12.5 Å². The lowest BCUT2D eigenvalue weighted by molar-refractivity contribution is -0.181. The van der Waals surface area contributed by atoms with Crippen molar-refractivity contribution in [1.29, 1.82) is 5.26 Å². The Balaban J connectivity index is 1.19. The van der Waals surface area contributed by atoms with Gasteiger partial charge in [-0.3, -0.25) is 4.90 Å². The van der Waals surface area contributed by atoms with Gasteiger partial charge in [-0.2, -0.15) is 5.26 Å². The maximum Gasteiger partial charge on any atom is 0.317 e. The standard InChI is InChI=1S/C21H28N4O2/c22-11-18-5-1-2-6-19(18)13-24-15-21(16-24)8-7-17(14-27-21)12-23-20(26)25-9-3-4-10-25/h1-2,5-6,17H,3-4,7-10,12-16H2,(H,23,26). The van der Waals surface area contributed by atoms with Crippen molar-refractivity contribution >= 4 is 6.03 Å². The summed E-state index contributed by atoms with van der Waals surface area (Å²) in [4.78, 5) is 16.4. The number of carbonyl (C=O) groups excluding carboxylic acids is 1. The summed E-state index contributed by atoms with van der Waals surface area (Å²) in [7, 11) is 0. The van der Waals surface area contributed by atoms with Crippen molar-refractivity contribution in [2.24, 2.45) is 5.92 Å². The highest BCUT2D eigenvalue weighted by Crippen LogP contribution is 2.36. The van der Waals surface area contributed by atoms with Gasteiger partial charge in [-0.15, -0.1) is 0 Å². The van der Waals surface area contributed by atoms with Crippen molar-refractivity contribution in [2.45, 2.75) is 37.8 Å². The maximum atomic E-state index is 12.1. The zero-order chi connectivity index (χ0) is 18.7. The molecule has 1 atom stereocenters. The number of benzene rings is 1. The van der Waals surface area contributed by atoms with Crippen LogP contribution >= 0.6 is 0 Å². The van der Waals surface area contributed by atoms with E-state index in [9.17, 15) is 10.1 Å². The van der Waals surface area contributed by atoms with Crippen LogP contribution in [0.15, 0.2) is 24.3 Å². The molecule has 3 saturated heterocycles. The number of rotatable bonds is 4. The molecule has 3 aliphatic rings. The van der Waals surface area contributed by atoms with Crippen molar-refractivity contribution in [3.63, 3.8) is 0 Å². The van der Waals surface area contributed by atoms with Crippen molar-refractivity contribution in [2.75, 3.05) is 39.3 Å². The number of nitrogens with zero attached hydrogens (tertiary/aromatic N) is 3. The van der Waals surface area contributed by atoms with Crippen LogP contribution < -0.4 is 5.32 Å². The first-order chi connectivity index (χ1) is 13.2. The van der Waals surface area contributed by atoms with E-state index < -0.39 is 0 Å². The van der Waals surface area contributed by atoms with E-state index in [2.05, 4.69) is 16.3 Å². The summed E-state index contributed by atoms with van der Waals surface area (Å²) >= 11 is 0. The van der Waals surface area contributed by atoms with Crippen LogP contribution in [0, 0.1) is 17.2 Å². The van der Waals surface area contributed by atoms with Crippen molar-refractivity contribution in [3.8, 4) is 6.07 Å². The third-order valence-corrected chi connectivity index (χ3v) is 6.12. The first-order valence-electron chi connectivity index (χ1n) is 10.0. The molecular weight excluding hydrogens is 340 g/mol. The van der Waals surface area contributed by atoms with Crippen molar-refractivity contribution in [3.05, 3.63) is 35.4 Å². The Bertz CT molecular complexity index is 707. The van der Waals surface area contributed by atoms with Crippen LogP contribution in [-0.4, -0.2) is 60.8 Å². The summed E-state index contributed by atoms with van der Waals surface area (Å²) in [6, 6.07) is 10.2. The number of hydrogen-bond acceptors (Lipinski definition) is 4. The molecule has 1 unspecified atom stereocenters. The third kappa shape index (κ3) is 4.10. The molecule has 0 radical (unpaired) electrons. The summed E-state index contributed by atoms with van der Waals surface area (Å²) in [5, 5.41) is 12.3. The molecule has 0 saturated carbocycles. The molecule has 6 nitrogen and oxygen atoms in total. The second-order valence-corrected chi connectivity index (χ2v) is 8.19. The van der Waals surface area contributed by atoms with E-state index in [4.69, 9.17) is 4.74 Å². The molecule has 3 heterocycles. The number of urea groups is 1. The molecule has 4 rings (SSSR count).